The van der Waals surface area contributed by atoms with Crippen LogP contribution in [0.5, 0.6) is 0 Å². The predicted molar refractivity (Wildman–Crippen MR) is 82.7 cm³/mol. The van der Waals surface area contributed by atoms with Crippen LogP contribution in [0.1, 0.15) is 40.0 Å². The molecule has 0 aromatic heterocycles. The van der Waals surface area contributed by atoms with E-state index >= 15 is 0 Å². The molecule has 6 unspecified atom stereocenters. The highest BCUT2D eigenvalue weighted by Crippen LogP contribution is 2.23. The Morgan fingerprint density at radius 2 is 1.83 bits per heavy atom. The largest absolute Gasteiger partial charge is 0.479 e. The van der Waals surface area contributed by atoms with Gasteiger partial charge in [-0.15, -0.1) is 0 Å². The van der Waals surface area contributed by atoms with Gasteiger partial charge < -0.3 is 29.9 Å². The first-order chi connectivity index (χ1) is 10.7. The lowest BCUT2D eigenvalue weighted by atomic mass is 9.99. The van der Waals surface area contributed by atoms with Crippen molar-refractivity contribution in [3.8, 4) is 0 Å². The van der Waals surface area contributed by atoms with Crippen LogP contribution < -0.4 is 0 Å². The maximum Gasteiger partial charge on any atom is 0.335 e. The predicted octanol–water partition coefficient (Wildman–Crippen LogP) is 0.668. The maximum absolute atomic E-state index is 11.0. The summed E-state index contributed by atoms with van der Waals surface area (Å²) in [5.41, 5.74) is 1.28. The lowest BCUT2D eigenvalue weighted by Crippen LogP contribution is -2.60. The quantitative estimate of drug-likeness (QED) is 0.483. The second-order valence-corrected chi connectivity index (χ2v) is 6.36. The van der Waals surface area contributed by atoms with Crippen LogP contribution >= 0.6 is 0 Å². The summed E-state index contributed by atoms with van der Waals surface area (Å²) >= 11 is 0. The highest BCUT2D eigenvalue weighted by molar-refractivity contribution is 5.73. The highest BCUT2D eigenvalue weighted by atomic mass is 16.7. The molecule has 134 valence electrons. The van der Waals surface area contributed by atoms with E-state index in [0.29, 0.717) is 5.92 Å². The summed E-state index contributed by atoms with van der Waals surface area (Å²) in [4.78, 5) is 11.0. The lowest BCUT2D eigenvalue weighted by molar-refractivity contribution is -0.294. The topological polar surface area (TPSA) is 116 Å². The molecule has 7 heteroatoms. The van der Waals surface area contributed by atoms with Gasteiger partial charge in [0, 0.05) is 0 Å². The number of carboxylic acids is 1. The van der Waals surface area contributed by atoms with Crippen LogP contribution in [0.3, 0.4) is 0 Å². The SMILES string of the molecule is CC(C)=CCCC(C)CCOC1OC(C(=O)O)C(O)C(O)C1O. The Morgan fingerprint density at radius 3 is 2.39 bits per heavy atom. The van der Waals surface area contributed by atoms with Crippen molar-refractivity contribution in [2.45, 2.75) is 70.7 Å². The van der Waals surface area contributed by atoms with Crippen molar-refractivity contribution in [2.24, 2.45) is 5.92 Å². The smallest absolute Gasteiger partial charge is 0.335 e. The van der Waals surface area contributed by atoms with Gasteiger partial charge in [-0.05, 0) is 39.0 Å². The molecule has 1 rings (SSSR count). The number of aliphatic hydroxyl groups excluding tert-OH is 3. The van der Waals surface area contributed by atoms with E-state index in [1.54, 1.807) is 0 Å². The Bertz CT molecular complexity index is 405. The molecule has 7 nitrogen and oxygen atoms in total. The number of aliphatic carboxylic acids is 1. The zero-order valence-corrected chi connectivity index (χ0v) is 13.9. The Kier molecular flexibility index (Phi) is 8.15. The summed E-state index contributed by atoms with van der Waals surface area (Å²) in [6, 6.07) is 0. The second-order valence-electron chi connectivity index (χ2n) is 6.36. The van der Waals surface area contributed by atoms with Crippen molar-refractivity contribution >= 4 is 5.97 Å². The Labute approximate surface area is 136 Å². The average molecular weight is 332 g/mol. The van der Waals surface area contributed by atoms with Crippen LogP contribution in [0.4, 0.5) is 0 Å². The van der Waals surface area contributed by atoms with E-state index in [2.05, 4.69) is 13.0 Å². The number of hydrogen-bond acceptors (Lipinski definition) is 6. The molecule has 0 aliphatic carbocycles. The van der Waals surface area contributed by atoms with Gasteiger partial charge in [-0.2, -0.15) is 0 Å². The monoisotopic (exact) mass is 332 g/mol. The van der Waals surface area contributed by atoms with Crippen LogP contribution in [0.25, 0.3) is 0 Å². The van der Waals surface area contributed by atoms with Gasteiger partial charge >= 0.3 is 5.97 Å². The van der Waals surface area contributed by atoms with Crippen molar-refractivity contribution in [1.82, 2.24) is 0 Å². The minimum Gasteiger partial charge on any atom is -0.479 e. The Morgan fingerprint density at radius 1 is 1.17 bits per heavy atom. The van der Waals surface area contributed by atoms with E-state index in [9.17, 15) is 20.1 Å². The maximum atomic E-state index is 11.0. The number of ether oxygens (including phenoxy) is 2. The van der Waals surface area contributed by atoms with Gasteiger partial charge in [-0.3, -0.25) is 0 Å². The molecule has 0 aromatic carbocycles. The molecule has 0 amide bonds. The summed E-state index contributed by atoms with van der Waals surface area (Å²) in [6.07, 6.45) is -2.80. The zero-order chi connectivity index (χ0) is 17.6. The van der Waals surface area contributed by atoms with E-state index in [4.69, 9.17) is 14.6 Å². The Balaban J connectivity index is 2.41. The minimum absolute atomic E-state index is 0.271. The third kappa shape index (κ3) is 6.19. The fraction of sp³-hybridized carbons (Fsp3) is 0.812. The van der Waals surface area contributed by atoms with Gasteiger partial charge in [0.25, 0.3) is 0 Å². The van der Waals surface area contributed by atoms with Crippen LogP contribution in [-0.4, -0.2) is 63.7 Å². The standard InChI is InChI=1S/C16H28O7/c1-9(2)5-4-6-10(3)7-8-22-16-13(19)11(17)12(18)14(23-16)15(20)21/h5,10-14,16-19H,4,6-8H2,1-3H3,(H,20,21). The molecule has 23 heavy (non-hydrogen) atoms. The third-order valence-electron chi connectivity index (χ3n) is 3.92. The normalized spacial score (nSPS) is 32.3. The fourth-order valence-electron chi connectivity index (χ4n) is 2.38. The van der Waals surface area contributed by atoms with Gasteiger partial charge in [-0.25, -0.2) is 4.79 Å². The number of hydrogen-bond donors (Lipinski definition) is 4. The summed E-state index contributed by atoms with van der Waals surface area (Å²) in [5.74, 6) is -1.01. The molecule has 6 atom stereocenters. The summed E-state index contributed by atoms with van der Waals surface area (Å²) in [5, 5.41) is 38.0. The van der Waals surface area contributed by atoms with Gasteiger partial charge in [-0.1, -0.05) is 18.6 Å². The third-order valence-corrected chi connectivity index (χ3v) is 3.92. The van der Waals surface area contributed by atoms with Gasteiger partial charge in [0.05, 0.1) is 6.61 Å². The van der Waals surface area contributed by atoms with Crippen molar-refractivity contribution in [3.05, 3.63) is 11.6 Å². The molecule has 1 aliphatic heterocycles. The van der Waals surface area contributed by atoms with E-state index < -0.39 is 36.7 Å². The fourth-order valence-corrected chi connectivity index (χ4v) is 2.38. The molecule has 0 saturated carbocycles. The molecule has 0 aromatic rings. The Hall–Kier alpha value is -0.990. The number of carbonyl (C=O) groups is 1. The average Bonchev–Trinajstić information content (AvgIpc) is 2.46. The number of allylic oxidation sites excluding steroid dienone is 2. The summed E-state index contributed by atoms with van der Waals surface area (Å²) in [7, 11) is 0. The molecule has 1 fully saturated rings. The van der Waals surface area contributed by atoms with Crippen LogP contribution in [0.15, 0.2) is 11.6 Å². The zero-order valence-electron chi connectivity index (χ0n) is 13.9. The van der Waals surface area contributed by atoms with Crippen molar-refractivity contribution < 1.29 is 34.7 Å². The van der Waals surface area contributed by atoms with Gasteiger partial charge in [0.1, 0.15) is 18.3 Å². The second kappa shape index (κ2) is 9.34. The van der Waals surface area contributed by atoms with Gasteiger partial charge in [0.2, 0.25) is 0 Å². The van der Waals surface area contributed by atoms with E-state index in [0.717, 1.165) is 19.3 Å². The number of rotatable bonds is 8. The first-order valence-electron chi connectivity index (χ1n) is 7.91. The van der Waals surface area contributed by atoms with E-state index in [1.807, 2.05) is 13.8 Å². The van der Waals surface area contributed by atoms with Crippen LogP contribution in [0.2, 0.25) is 0 Å². The molecule has 0 radical (unpaired) electrons. The number of carboxylic acid groups (broad SMARTS) is 1. The van der Waals surface area contributed by atoms with E-state index in [-0.39, 0.29) is 6.61 Å². The lowest BCUT2D eigenvalue weighted by Gasteiger charge is -2.38. The van der Waals surface area contributed by atoms with Crippen molar-refractivity contribution in [2.75, 3.05) is 6.61 Å². The van der Waals surface area contributed by atoms with E-state index in [1.165, 1.54) is 5.57 Å². The van der Waals surface area contributed by atoms with Gasteiger partial charge in [0.15, 0.2) is 12.4 Å². The summed E-state index contributed by atoms with van der Waals surface area (Å²) in [6.45, 7) is 6.45. The first kappa shape index (κ1) is 20.1. The minimum atomic E-state index is -1.69. The number of aliphatic hydroxyl groups is 3. The molecule has 1 saturated heterocycles. The van der Waals surface area contributed by atoms with Crippen LogP contribution in [-0.2, 0) is 14.3 Å². The molecule has 0 spiro atoms. The molecular weight excluding hydrogens is 304 g/mol. The molecular formula is C16H28O7. The van der Waals surface area contributed by atoms with Crippen molar-refractivity contribution in [3.63, 3.8) is 0 Å². The molecule has 1 heterocycles. The van der Waals surface area contributed by atoms with Crippen molar-refractivity contribution in [1.29, 1.82) is 0 Å². The molecule has 4 N–H and O–H groups in total. The van der Waals surface area contributed by atoms with Crippen LogP contribution in [0, 0.1) is 5.92 Å². The molecule has 1 aliphatic rings. The molecule has 0 bridgehead atoms. The highest BCUT2D eigenvalue weighted by Gasteiger charge is 2.47. The first-order valence-corrected chi connectivity index (χ1v) is 7.91. The summed E-state index contributed by atoms with van der Waals surface area (Å²) < 4.78 is 10.4.